The lowest BCUT2D eigenvalue weighted by Crippen LogP contribution is -2.49. The molecule has 2 aliphatic rings. The number of rotatable bonds is 4. The molecule has 0 N–H and O–H groups in total. The molecule has 1 aromatic carbocycles. The molecule has 140 valence electrons. The lowest BCUT2D eigenvalue weighted by atomic mass is 9.97. The number of benzene rings is 1. The fourth-order valence-electron chi connectivity index (χ4n) is 3.90. The molecule has 0 spiro atoms. The van der Waals surface area contributed by atoms with Gasteiger partial charge in [0.25, 0.3) is 5.91 Å². The molecule has 2 aliphatic heterocycles. The maximum atomic E-state index is 13.1. The summed E-state index contributed by atoms with van der Waals surface area (Å²) in [6, 6.07) is 5.84. The van der Waals surface area contributed by atoms with Crippen LogP contribution in [0.4, 0.5) is 5.69 Å². The Morgan fingerprint density at radius 1 is 1.35 bits per heavy atom. The summed E-state index contributed by atoms with van der Waals surface area (Å²) < 4.78 is 5.60. The summed E-state index contributed by atoms with van der Waals surface area (Å²) in [6.45, 7) is 10.5. The van der Waals surface area contributed by atoms with Crippen molar-refractivity contribution in [2.75, 3.05) is 31.2 Å². The molecule has 1 atom stereocenters. The molecule has 2 amide bonds. The summed E-state index contributed by atoms with van der Waals surface area (Å²) in [5.74, 6) is 0.489. The standard InChI is InChI=1S/C21H28N2O3/c1-4-20(24)23-9-5-6-16-13-17(7-8-19(16)23)21(25)22-10-11-26-14-18(22)12-15(2)3/h4,7-8,13,15,18H,1,5-6,9-12,14H2,2-3H3. The van der Waals surface area contributed by atoms with Crippen molar-refractivity contribution in [1.29, 1.82) is 0 Å². The van der Waals surface area contributed by atoms with Gasteiger partial charge in [0.1, 0.15) is 0 Å². The molecular formula is C21H28N2O3. The highest BCUT2D eigenvalue weighted by Crippen LogP contribution is 2.29. The second-order valence-corrected chi connectivity index (χ2v) is 7.50. The SMILES string of the molecule is C=CC(=O)N1CCCc2cc(C(=O)N3CCOCC3CC(C)C)ccc21. The lowest BCUT2D eigenvalue weighted by molar-refractivity contribution is -0.114. The molecule has 3 rings (SSSR count). The number of fused-ring (bicyclic) bond motifs is 1. The minimum atomic E-state index is -0.0878. The van der Waals surface area contributed by atoms with E-state index in [-0.39, 0.29) is 17.9 Å². The quantitative estimate of drug-likeness (QED) is 0.779. The number of ether oxygens (including phenoxy) is 1. The normalized spacial score (nSPS) is 20.0. The highest BCUT2D eigenvalue weighted by Gasteiger charge is 2.29. The second kappa shape index (κ2) is 8.04. The monoisotopic (exact) mass is 356 g/mol. The van der Waals surface area contributed by atoms with E-state index in [1.165, 1.54) is 6.08 Å². The summed E-state index contributed by atoms with van der Waals surface area (Å²) in [5.41, 5.74) is 2.66. The van der Waals surface area contributed by atoms with Crippen LogP contribution in [0.25, 0.3) is 0 Å². The Labute approximate surface area is 155 Å². The van der Waals surface area contributed by atoms with E-state index in [1.807, 2.05) is 23.1 Å². The first-order valence-electron chi connectivity index (χ1n) is 9.47. The Kier molecular flexibility index (Phi) is 5.77. The van der Waals surface area contributed by atoms with Crippen molar-refractivity contribution in [2.24, 2.45) is 5.92 Å². The van der Waals surface area contributed by atoms with Crippen molar-refractivity contribution in [3.63, 3.8) is 0 Å². The van der Waals surface area contributed by atoms with Crippen LogP contribution < -0.4 is 4.90 Å². The van der Waals surface area contributed by atoms with Gasteiger partial charge in [-0.2, -0.15) is 0 Å². The average molecular weight is 356 g/mol. The first kappa shape index (κ1) is 18.6. The van der Waals surface area contributed by atoms with Crippen LogP contribution in [0.1, 0.15) is 42.6 Å². The third-order valence-corrected chi connectivity index (χ3v) is 5.12. The van der Waals surface area contributed by atoms with Crippen molar-refractivity contribution in [1.82, 2.24) is 4.90 Å². The zero-order chi connectivity index (χ0) is 18.7. The van der Waals surface area contributed by atoms with Gasteiger partial charge in [0.05, 0.1) is 19.3 Å². The van der Waals surface area contributed by atoms with Crippen LogP contribution in [0.3, 0.4) is 0 Å². The van der Waals surface area contributed by atoms with Crippen LogP contribution in [-0.2, 0) is 16.0 Å². The summed E-state index contributed by atoms with van der Waals surface area (Å²) in [4.78, 5) is 28.9. The van der Waals surface area contributed by atoms with Gasteiger partial charge in [-0.05, 0) is 55.0 Å². The van der Waals surface area contributed by atoms with Gasteiger partial charge in [-0.15, -0.1) is 0 Å². The largest absolute Gasteiger partial charge is 0.377 e. The molecule has 1 saturated heterocycles. The molecule has 1 fully saturated rings. The molecule has 0 bridgehead atoms. The van der Waals surface area contributed by atoms with E-state index < -0.39 is 0 Å². The molecule has 0 aliphatic carbocycles. The molecule has 0 aromatic heterocycles. The fraction of sp³-hybridized carbons (Fsp3) is 0.524. The number of morpholine rings is 1. The predicted molar refractivity (Wildman–Crippen MR) is 102 cm³/mol. The minimum Gasteiger partial charge on any atom is -0.377 e. The number of carbonyl (C=O) groups excluding carboxylic acids is 2. The Morgan fingerprint density at radius 3 is 2.88 bits per heavy atom. The van der Waals surface area contributed by atoms with Crippen molar-refractivity contribution in [2.45, 2.75) is 39.2 Å². The van der Waals surface area contributed by atoms with Gasteiger partial charge in [-0.25, -0.2) is 0 Å². The summed E-state index contributed by atoms with van der Waals surface area (Å²) in [6.07, 6.45) is 4.07. The van der Waals surface area contributed by atoms with Crippen molar-refractivity contribution >= 4 is 17.5 Å². The topological polar surface area (TPSA) is 49.9 Å². The number of nitrogens with zero attached hydrogens (tertiary/aromatic N) is 2. The number of carbonyl (C=O) groups is 2. The molecule has 1 unspecified atom stereocenters. The molecule has 5 heteroatoms. The van der Waals surface area contributed by atoms with E-state index in [4.69, 9.17) is 4.74 Å². The Morgan fingerprint density at radius 2 is 2.15 bits per heavy atom. The van der Waals surface area contributed by atoms with Crippen LogP contribution in [0, 0.1) is 5.92 Å². The van der Waals surface area contributed by atoms with Gasteiger partial charge in [-0.1, -0.05) is 20.4 Å². The lowest BCUT2D eigenvalue weighted by Gasteiger charge is -2.37. The van der Waals surface area contributed by atoms with Crippen molar-refractivity contribution in [3.05, 3.63) is 42.0 Å². The number of anilines is 1. The Bertz CT molecular complexity index is 698. The summed E-state index contributed by atoms with van der Waals surface area (Å²) in [7, 11) is 0. The van der Waals surface area contributed by atoms with E-state index >= 15 is 0 Å². The van der Waals surface area contributed by atoms with Gasteiger partial charge >= 0.3 is 0 Å². The molecule has 1 aromatic rings. The van der Waals surface area contributed by atoms with Crippen LogP contribution in [-0.4, -0.2) is 49.1 Å². The molecule has 2 heterocycles. The number of hydrogen-bond donors (Lipinski definition) is 0. The van der Waals surface area contributed by atoms with Crippen LogP contribution in [0.2, 0.25) is 0 Å². The first-order valence-corrected chi connectivity index (χ1v) is 9.47. The molecule has 26 heavy (non-hydrogen) atoms. The fourth-order valence-corrected chi connectivity index (χ4v) is 3.90. The number of hydrogen-bond acceptors (Lipinski definition) is 3. The number of aryl methyl sites for hydroxylation is 1. The summed E-state index contributed by atoms with van der Waals surface area (Å²) >= 11 is 0. The van der Waals surface area contributed by atoms with Gasteiger partial charge < -0.3 is 14.5 Å². The summed E-state index contributed by atoms with van der Waals surface area (Å²) in [5, 5.41) is 0. The average Bonchev–Trinajstić information content (AvgIpc) is 2.66. The Hall–Kier alpha value is -2.14. The van der Waals surface area contributed by atoms with E-state index in [0.717, 1.165) is 30.5 Å². The maximum Gasteiger partial charge on any atom is 0.254 e. The molecule has 5 nitrogen and oxygen atoms in total. The van der Waals surface area contributed by atoms with E-state index in [9.17, 15) is 9.59 Å². The van der Waals surface area contributed by atoms with E-state index in [1.54, 1.807) is 4.90 Å². The third-order valence-electron chi connectivity index (χ3n) is 5.12. The van der Waals surface area contributed by atoms with E-state index in [0.29, 0.717) is 37.8 Å². The first-order chi connectivity index (χ1) is 12.5. The van der Waals surface area contributed by atoms with Crippen LogP contribution >= 0.6 is 0 Å². The highest BCUT2D eigenvalue weighted by molar-refractivity contribution is 6.02. The van der Waals surface area contributed by atoms with Gasteiger partial charge in [0.15, 0.2) is 0 Å². The van der Waals surface area contributed by atoms with Gasteiger partial charge in [0, 0.05) is 24.3 Å². The molecule has 0 radical (unpaired) electrons. The predicted octanol–water partition coefficient (Wildman–Crippen LogP) is 3.04. The minimum absolute atomic E-state index is 0.0638. The zero-order valence-corrected chi connectivity index (χ0v) is 15.7. The van der Waals surface area contributed by atoms with Gasteiger partial charge in [0.2, 0.25) is 5.91 Å². The Balaban J connectivity index is 1.84. The van der Waals surface area contributed by atoms with Gasteiger partial charge in [-0.3, -0.25) is 9.59 Å². The van der Waals surface area contributed by atoms with Crippen molar-refractivity contribution in [3.8, 4) is 0 Å². The highest BCUT2D eigenvalue weighted by atomic mass is 16.5. The zero-order valence-electron chi connectivity index (χ0n) is 15.7. The van der Waals surface area contributed by atoms with Crippen molar-refractivity contribution < 1.29 is 14.3 Å². The van der Waals surface area contributed by atoms with Crippen LogP contribution in [0.15, 0.2) is 30.9 Å². The third kappa shape index (κ3) is 3.83. The molecular weight excluding hydrogens is 328 g/mol. The smallest absolute Gasteiger partial charge is 0.254 e. The van der Waals surface area contributed by atoms with Crippen LogP contribution in [0.5, 0.6) is 0 Å². The van der Waals surface area contributed by atoms with E-state index in [2.05, 4.69) is 20.4 Å². The number of amides is 2. The molecule has 0 saturated carbocycles. The second-order valence-electron chi connectivity index (χ2n) is 7.50. The maximum absolute atomic E-state index is 13.1.